The van der Waals surface area contributed by atoms with Gasteiger partial charge < -0.3 is 20.1 Å². The maximum atomic E-state index is 13.8. The molecule has 1 saturated heterocycles. The van der Waals surface area contributed by atoms with E-state index in [-0.39, 0.29) is 18.2 Å². The van der Waals surface area contributed by atoms with Gasteiger partial charge in [0.25, 0.3) is 0 Å². The van der Waals surface area contributed by atoms with Crippen LogP contribution in [0.2, 0.25) is 0 Å². The molecule has 0 saturated carbocycles. The maximum Gasteiger partial charge on any atom is 0.165 e. The average molecular weight is 345 g/mol. The lowest BCUT2D eigenvalue weighted by molar-refractivity contribution is 0.203. The van der Waals surface area contributed by atoms with Crippen molar-refractivity contribution in [3.63, 3.8) is 0 Å². The fourth-order valence-corrected chi connectivity index (χ4v) is 3.13. The summed E-state index contributed by atoms with van der Waals surface area (Å²) in [6.07, 6.45) is 3.72. The summed E-state index contributed by atoms with van der Waals surface area (Å²) in [7, 11) is 1.46. The van der Waals surface area contributed by atoms with Gasteiger partial charge in [0.05, 0.1) is 12.8 Å². The van der Waals surface area contributed by atoms with Gasteiger partial charge in [-0.25, -0.2) is 9.37 Å². The second-order valence-corrected chi connectivity index (χ2v) is 6.31. The Labute approximate surface area is 147 Å². The van der Waals surface area contributed by atoms with E-state index in [0.717, 1.165) is 43.0 Å². The molecule has 6 heteroatoms. The van der Waals surface area contributed by atoms with E-state index >= 15 is 0 Å². The number of methoxy groups -OCH3 is 1. The summed E-state index contributed by atoms with van der Waals surface area (Å²) in [5, 5.41) is 12.6. The number of nitrogens with zero attached hydrogens (tertiary/aromatic N) is 2. The Bertz CT molecular complexity index is 703. The number of aromatic nitrogens is 1. The Morgan fingerprint density at radius 1 is 1.32 bits per heavy atom. The molecule has 1 aliphatic heterocycles. The summed E-state index contributed by atoms with van der Waals surface area (Å²) < 4.78 is 18.8. The number of hydrogen-bond acceptors (Lipinski definition) is 5. The molecule has 1 aliphatic rings. The van der Waals surface area contributed by atoms with Crippen LogP contribution in [-0.4, -0.2) is 36.9 Å². The van der Waals surface area contributed by atoms with Crippen LogP contribution in [0.3, 0.4) is 0 Å². The molecule has 134 valence electrons. The van der Waals surface area contributed by atoms with E-state index in [0.29, 0.717) is 12.5 Å². The summed E-state index contributed by atoms with van der Waals surface area (Å²) in [4.78, 5) is 6.76. The Kier molecular flexibility index (Phi) is 5.71. The van der Waals surface area contributed by atoms with Crippen LogP contribution in [0.25, 0.3) is 0 Å². The predicted octanol–water partition coefficient (Wildman–Crippen LogP) is 3.05. The Hall–Kier alpha value is -2.34. The van der Waals surface area contributed by atoms with E-state index in [9.17, 15) is 9.50 Å². The zero-order valence-corrected chi connectivity index (χ0v) is 14.4. The molecule has 1 aromatic carbocycles. The Morgan fingerprint density at radius 3 is 2.80 bits per heavy atom. The smallest absolute Gasteiger partial charge is 0.165 e. The van der Waals surface area contributed by atoms with Gasteiger partial charge in [-0.05, 0) is 48.6 Å². The minimum absolute atomic E-state index is 0.248. The number of hydrogen-bond donors (Lipinski definition) is 2. The molecule has 0 spiro atoms. The number of benzene rings is 1. The molecule has 2 heterocycles. The second kappa shape index (κ2) is 8.16. The van der Waals surface area contributed by atoms with Crippen molar-refractivity contribution in [1.29, 1.82) is 0 Å². The Balaban J connectivity index is 1.68. The van der Waals surface area contributed by atoms with Crippen molar-refractivity contribution in [2.75, 3.05) is 37.0 Å². The third-order valence-corrected chi connectivity index (χ3v) is 4.66. The molecule has 1 fully saturated rings. The molecule has 2 N–H and O–H groups in total. The highest BCUT2D eigenvalue weighted by atomic mass is 19.1. The molecule has 0 radical (unpaired) electrons. The van der Waals surface area contributed by atoms with Crippen molar-refractivity contribution in [2.45, 2.75) is 19.4 Å². The molecule has 1 aromatic heterocycles. The minimum Gasteiger partial charge on any atom is -0.494 e. The largest absolute Gasteiger partial charge is 0.494 e. The van der Waals surface area contributed by atoms with E-state index in [1.807, 2.05) is 18.2 Å². The number of aliphatic hydroxyl groups is 1. The van der Waals surface area contributed by atoms with Crippen molar-refractivity contribution in [3.8, 4) is 5.75 Å². The molecule has 0 unspecified atom stereocenters. The Morgan fingerprint density at radius 2 is 2.12 bits per heavy atom. The normalized spacial score (nSPS) is 15.2. The van der Waals surface area contributed by atoms with E-state index in [4.69, 9.17) is 4.74 Å². The van der Waals surface area contributed by atoms with Crippen LogP contribution in [0.1, 0.15) is 18.4 Å². The molecule has 0 bridgehead atoms. The van der Waals surface area contributed by atoms with Gasteiger partial charge in [-0.2, -0.15) is 0 Å². The number of halogens is 1. The van der Waals surface area contributed by atoms with E-state index < -0.39 is 0 Å². The standard InChI is InChI=1S/C19H24FN3O2/c1-25-18-5-4-15(11-16(18)20)12-22-17-3-2-8-21-19(17)23-9-6-14(13-24)7-10-23/h2-5,8,11,14,22,24H,6-7,9-10,12-13H2,1H3. The molecular weight excluding hydrogens is 321 g/mol. The summed E-state index contributed by atoms with van der Waals surface area (Å²) in [5.74, 6) is 1.18. The van der Waals surface area contributed by atoms with Crippen molar-refractivity contribution < 1.29 is 14.2 Å². The maximum absolute atomic E-state index is 13.8. The van der Waals surface area contributed by atoms with Crippen LogP contribution >= 0.6 is 0 Å². The number of anilines is 2. The van der Waals surface area contributed by atoms with Gasteiger partial charge >= 0.3 is 0 Å². The first-order valence-electron chi connectivity index (χ1n) is 8.58. The molecule has 25 heavy (non-hydrogen) atoms. The van der Waals surface area contributed by atoms with Crippen LogP contribution < -0.4 is 15.0 Å². The number of nitrogens with one attached hydrogen (secondary N) is 1. The first-order chi connectivity index (χ1) is 12.2. The topological polar surface area (TPSA) is 57.6 Å². The lowest BCUT2D eigenvalue weighted by atomic mass is 9.98. The molecule has 0 aliphatic carbocycles. The lowest BCUT2D eigenvalue weighted by Gasteiger charge is -2.33. The number of ether oxygens (including phenoxy) is 1. The molecule has 0 atom stereocenters. The fraction of sp³-hybridized carbons (Fsp3) is 0.421. The van der Waals surface area contributed by atoms with E-state index in [2.05, 4.69) is 15.2 Å². The van der Waals surface area contributed by atoms with Crippen LogP contribution in [0.15, 0.2) is 36.5 Å². The molecule has 0 amide bonds. The van der Waals surface area contributed by atoms with Gasteiger partial charge in [0.1, 0.15) is 0 Å². The third-order valence-electron chi connectivity index (χ3n) is 4.66. The molecular formula is C19H24FN3O2. The highest BCUT2D eigenvalue weighted by Gasteiger charge is 2.21. The number of rotatable bonds is 6. The lowest BCUT2D eigenvalue weighted by Crippen LogP contribution is -2.35. The van der Waals surface area contributed by atoms with E-state index in [1.54, 1.807) is 12.3 Å². The van der Waals surface area contributed by atoms with Crippen LogP contribution in [-0.2, 0) is 6.54 Å². The van der Waals surface area contributed by atoms with Gasteiger partial charge in [-0.3, -0.25) is 0 Å². The predicted molar refractivity (Wildman–Crippen MR) is 96.5 cm³/mol. The van der Waals surface area contributed by atoms with Gasteiger partial charge in [-0.15, -0.1) is 0 Å². The highest BCUT2D eigenvalue weighted by Crippen LogP contribution is 2.28. The van der Waals surface area contributed by atoms with Crippen molar-refractivity contribution in [1.82, 2.24) is 4.98 Å². The summed E-state index contributed by atoms with van der Waals surface area (Å²) in [5.41, 5.74) is 1.77. The van der Waals surface area contributed by atoms with E-state index in [1.165, 1.54) is 13.2 Å². The second-order valence-electron chi connectivity index (χ2n) is 6.31. The third kappa shape index (κ3) is 4.20. The van der Waals surface area contributed by atoms with Crippen molar-refractivity contribution >= 4 is 11.5 Å². The summed E-state index contributed by atoms with van der Waals surface area (Å²) >= 11 is 0. The number of aliphatic hydroxyl groups excluding tert-OH is 1. The summed E-state index contributed by atoms with van der Waals surface area (Å²) in [6.45, 7) is 2.53. The first kappa shape index (κ1) is 17.5. The SMILES string of the molecule is COc1ccc(CNc2cccnc2N2CCC(CO)CC2)cc1F. The zero-order chi connectivity index (χ0) is 17.6. The first-order valence-corrected chi connectivity index (χ1v) is 8.58. The number of pyridine rings is 1. The van der Waals surface area contributed by atoms with Crippen LogP contribution in [0.5, 0.6) is 5.75 Å². The van der Waals surface area contributed by atoms with Gasteiger partial charge in [0.2, 0.25) is 0 Å². The van der Waals surface area contributed by atoms with Crippen molar-refractivity contribution in [2.24, 2.45) is 5.92 Å². The van der Waals surface area contributed by atoms with Gasteiger partial charge in [0, 0.05) is 32.4 Å². The molecule has 5 nitrogen and oxygen atoms in total. The fourth-order valence-electron chi connectivity index (χ4n) is 3.13. The van der Waals surface area contributed by atoms with Crippen LogP contribution in [0, 0.1) is 11.7 Å². The van der Waals surface area contributed by atoms with Gasteiger partial charge in [-0.1, -0.05) is 6.07 Å². The molecule has 2 aromatic rings. The number of piperidine rings is 1. The van der Waals surface area contributed by atoms with Crippen LogP contribution in [0.4, 0.5) is 15.9 Å². The van der Waals surface area contributed by atoms with Crippen molar-refractivity contribution in [3.05, 3.63) is 47.9 Å². The average Bonchev–Trinajstić information content (AvgIpc) is 2.67. The van der Waals surface area contributed by atoms with Gasteiger partial charge in [0.15, 0.2) is 17.4 Å². The monoisotopic (exact) mass is 345 g/mol. The highest BCUT2D eigenvalue weighted by molar-refractivity contribution is 5.65. The summed E-state index contributed by atoms with van der Waals surface area (Å²) in [6, 6.07) is 8.84. The molecule has 3 rings (SSSR count). The quantitative estimate of drug-likeness (QED) is 0.843. The zero-order valence-electron chi connectivity index (χ0n) is 14.4. The minimum atomic E-state index is -0.362.